The minimum atomic E-state index is -4.90. The highest BCUT2D eigenvalue weighted by Crippen LogP contribution is 2.45. The van der Waals surface area contributed by atoms with Gasteiger partial charge in [0, 0.05) is 19.6 Å². The van der Waals surface area contributed by atoms with Crippen LogP contribution < -0.4 is 0 Å². The van der Waals surface area contributed by atoms with E-state index in [1.54, 1.807) is 0 Å². The molecule has 3 aromatic rings. The van der Waals surface area contributed by atoms with Crippen LogP contribution in [-0.2, 0) is 26.7 Å². The van der Waals surface area contributed by atoms with Gasteiger partial charge in [0.1, 0.15) is 10.6 Å². The monoisotopic (exact) mass is 507 g/mol. The molecule has 1 N–H and O–H groups in total. The molecule has 4 rings (SSSR count). The first kappa shape index (κ1) is 25.3. The van der Waals surface area contributed by atoms with Gasteiger partial charge in [-0.3, -0.25) is 4.90 Å². The highest BCUT2D eigenvalue weighted by molar-refractivity contribution is 7.92. The summed E-state index contributed by atoms with van der Waals surface area (Å²) in [4.78, 5) is 1.92. The van der Waals surface area contributed by atoms with Crippen LogP contribution in [0, 0.1) is 5.82 Å². The van der Waals surface area contributed by atoms with Crippen molar-refractivity contribution in [3.8, 4) is 0 Å². The summed E-state index contributed by atoms with van der Waals surface area (Å²) < 4.78 is 79.9. The van der Waals surface area contributed by atoms with Crippen molar-refractivity contribution in [3.63, 3.8) is 0 Å². The molecule has 2 atom stereocenters. The number of benzene rings is 3. The zero-order valence-corrected chi connectivity index (χ0v) is 19.8. The van der Waals surface area contributed by atoms with Crippen LogP contribution in [-0.4, -0.2) is 37.7 Å². The Morgan fingerprint density at radius 3 is 2.11 bits per heavy atom. The fourth-order valence-electron chi connectivity index (χ4n) is 4.55. The Labute approximate surface area is 201 Å². The van der Waals surface area contributed by atoms with Gasteiger partial charge in [-0.25, -0.2) is 12.8 Å². The molecule has 0 aliphatic carbocycles. The maximum atomic E-state index is 13.9. The molecule has 35 heavy (non-hydrogen) atoms. The molecule has 3 aromatic carbocycles. The van der Waals surface area contributed by atoms with Crippen LogP contribution in [0.5, 0.6) is 0 Å². The van der Waals surface area contributed by atoms with Crippen molar-refractivity contribution < 1.29 is 31.1 Å². The van der Waals surface area contributed by atoms with E-state index in [9.17, 15) is 31.1 Å². The number of nitrogens with zero attached hydrogens (tertiary/aromatic N) is 1. The summed E-state index contributed by atoms with van der Waals surface area (Å²) in [5.41, 5.74) is -2.15. The number of aliphatic hydroxyl groups is 1. The van der Waals surface area contributed by atoms with Crippen LogP contribution in [0.15, 0.2) is 83.8 Å². The van der Waals surface area contributed by atoms with Crippen molar-refractivity contribution in [3.05, 3.63) is 101 Å². The van der Waals surface area contributed by atoms with Gasteiger partial charge in [-0.1, -0.05) is 54.6 Å². The summed E-state index contributed by atoms with van der Waals surface area (Å²) in [5.74, 6) is -0.575. The van der Waals surface area contributed by atoms with Crippen LogP contribution in [0.4, 0.5) is 17.6 Å². The molecule has 0 bridgehead atoms. The van der Waals surface area contributed by atoms with E-state index >= 15 is 0 Å². The van der Waals surface area contributed by atoms with E-state index in [2.05, 4.69) is 0 Å². The fraction of sp³-hybridized carbons (Fsp3) is 0.308. The van der Waals surface area contributed by atoms with Crippen molar-refractivity contribution in [2.75, 3.05) is 13.1 Å². The predicted octanol–water partition coefficient (Wildman–Crippen LogP) is 5.17. The van der Waals surface area contributed by atoms with Crippen LogP contribution in [0.3, 0.4) is 0 Å². The van der Waals surface area contributed by atoms with Gasteiger partial charge in [0.15, 0.2) is 15.4 Å². The summed E-state index contributed by atoms with van der Waals surface area (Å²) in [7, 11) is -4.07. The molecule has 0 spiro atoms. The van der Waals surface area contributed by atoms with E-state index in [-0.39, 0.29) is 23.4 Å². The fourth-order valence-corrected chi connectivity index (χ4v) is 6.65. The number of hydrogen-bond acceptors (Lipinski definition) is 4. The Morgan fingerprint density at radius 2 is 1.54 bits per heavy atom. The van der Waals surface area contributed by atoms with Crippen LogP contribution >= 0.6 is 0 Å². The van der Waals surface area contributed by atoms with Gasteiger partial charge >= 0.3 is 6.18 Å². The largest absolute Gasteiger partial charge is 0.421 e. The normalized spacial score (nSPS) is 21.1. The van der Waals surface area contributed by atoms with E-state index in [1.165, 1.54) is 24.3 Å². The maximum absolute atomic E-state index is 13.9. The van der Waals surface area contributed by atoms with Gasteiger partial charge in [0.05, 0.1) is 4.90 Å². The zero-order valence-electron chi connectivity index (χ0n) is 19.0. The predicted molar refractivity (Wildman–Crippen MR) is 124 cm³/mol. The van der Waals surface area contributed by atoms with Gasteiger partial charge in [0.2, 0.25) is 0 Å². The molecular formula is C26H25F4NO3S. The van der Waals surface area contributed by atoms with Crippen molar-refractivity contribution >= 4 is 9.84 Å². The maximum Gasteiger partial charge on any atom is 0.421 e. The van der Waals surface area contributed by atoms with Crippen molar-refractivity contribution in [2.45, 2.75) is 41.3 Å². The molecule has 186 valence electrons. The third-order valence-corrected chi connectivity index (χ3v) is 9.21. The quantitative estimate of drug-likeness (QED) is 0.370. The minimum absolute atomic E-state index is 0.0631. The number of hydrogen-bond donors (Lipinski definition) is 1. The number of alkyl halides is 3. The number of halogens is 4. The third-order valence-electron chi connectivity index (χ3n) is 6.72. The molecular weight excluding hydrogens is 482 g/mol. The van der Waals surface area contributed by atoms with E-state index in [1.807, 2.05) is 35.2 Å². The SMILES string of the molecule is CC(O)(c1ccc([C@]2(S(=O)(=O)c3ccc(F)cc3)CCN(Cc3ccccc3)C2)cc1)C(F)(F)F. The Hall–Kier alpha value is -2.75. The zero-order chi connectivity index (χ0) is 25.5. The standard InChI is InChI=1S/C26H25F4NO3S/c1-24(32,26(28,29)30)20-7-9-21(10-8-20)25(35(33,34)23-13-11-22(27)12-14-23)15-16-31(18-25)17-19-5-3-2-4-6-19/h2-14,32H,15-18H2,1H3/t24?,25-/m0/s1. The number of sulfone groups is 1. The van der Waals surface area contributed by atoms with Gasteiger partial charge in [-0.05, 0) is 54.3 Å². The lowest BCUT2D eigenvalue weighted by atomic mass is 9.90. The summed E-state index contributed by atoms with van der Waals surface area (Å²) in [6.45, 7) is 1.71. The number of likely N-dealkylation sites (tertiary alicyclic amines) is 1. The van der Waals surface area contributed by atoms with Crippen LogP contribution in [0.1, 0.15) is 30.0 Å². The molecule has 0 aromatic heterocycles. The second-order valence-corrected chi connectivity index (χ2v) is 11.3. The summed E-state index contributed by atoms with van der Waals surface area (Å²) in [5, 5.41) is 10.0. The lowest BCUT2D eigenvalue weighted by Crippen LogP contribution is -2.40. The second-order valence-electron chi connectivity index (χ2n) is 9.05. The molecule has 1 unspecified atom stereocenters. The molecule has 4 nitrogen and oxygen atoms in total. The average molecular weight is 508 g/mol. The lowest BCUT2D eigenvalue weighted by molar-refractivity contribution is -0.258. The molecule has 1 heterocycles. The Balaban J connectivity index is 1.76. The van der Waals surface area contributed by atoms with E-state index < -0.39 is 32.2 Å². The van der Waals surface area contributed by atoms with Crippen LogP contribution in [0.25, 0.3) is 0 Å². The number of rotatable bonds is 6. The molecule has 1 aliphatic heterocycles. The van der Waals surface area contributed by atoms with Crippen molar-refractivity contribution in [1.82, 2.24) is 4.90 Å². The first-order chi connectivity index (χ1) is 16.4. The Morgan fingerprint density at radius 1 is 0.943 bits per heavy atom. The second kappa shape index (κ2) is 9.04. The molecule has 1 saturated heterocycles. The molecule has 9 heteroatoms. The molecule has 1 aliphatic rings. The highest BCUT2D eigenvalue weighted by Gasteiger charge is 2.53. The van der Waals surface area contributed by atoms with Gasteiger partial charge in [-0.2, -0.15) is 13.2 Å². The molecule has 1 fully saturated rings. The van der Waals surface area contributed by atoms with Crippen LogP contribution in [0.2, 0.25) is 0 Å². The van der Waals surface area contributed by atoms with E-state index in [0.717, 1.165) is 29.8 Å². The summed E-state index contributed by atoms with van der Waals surface area (Å²) in [6.07, 6.45) is -4.69. The minimum Gasteiger partial charge on any atom is -0.376 e. The Bertz CT molecular complexity index is 1270. The highest BCUT2D eigenvalue weighted by atomic mass is 32.2. The van der Waals surface area contributed by atoms with Gasteiger partial charge < -0.3 is 5.11 Å². The first-order valence-electron chi connectivity index (χ1n) is 11.0. The van der Waals surface area contributed by atoms with Gasteiger partial charge in [0.25, 0.3) is 0 Å². The van der Waals surface area contributed by atoms with E-state index in [0.29, 0.717) is 25.6 Å². The van der Waals surface area contributed by atoms with Gasteiger partial charge in [-0.15, -0.1) is 0 Å². The van der Waals surface area contributed by atoms with Crippen molar-refractivity contribution in [2.24, 2.45) is 0 Å². The smallest absolute Gasteiger partial charge is 0.376 e. The molecule has 0 saturated carbocycles. The Kier molecular flexibility index (Phi) is 6.54. The topological polar surface area (TPSA) is 57.6 Å². The summed E-state index contributed by atoms with van der Waals surface area (Å²) in [6, 6.07) is 19.0. The first-order valence-corrected chi connectivity index (χ1v) is 12.5. The third kappa shape index (κ3) is 4.60. The van der Waals surface area contributed by atoms with Crippen molar-refractivity contribution in [1.29, 1.82) is 0 Å². The summed E-state index contributed by atoms with van der Waals surface area (Å²) >= 11 is 0. The molecule has 0 radical (unpaired) electrons. The average Bonchev–Trinajstić information content (AvgIpc) is 3.25. The molecule has 0 amide bonds. The van der Waals surface area contributed by atoms with E-state index in [4.69, 9.17) is 0 Å². The lowest BCUT2D eigenvalue weighted by Gasteiger charge is -2.31.